The lowest BCUT2D eigenvalue weighted by molar-refractivity contribution is -0.384. The average Bonchev–Trinajstić information content (AvgIpc) is 3.22. The lowest BCUT2D eigenvalue weighted by Gasteiger charge is -2.10. The molecule has 1 aromatic heterocycles. The predicted molar refractivity (Wildman–Crippen MR) is 121 cm³/mol. The number of rotatable bonds is 6. The Hall–Kier alpha value is -3.98. The highest BCUT2D eigenvalue weighted by atomic mass is 32.1. The van der Waals surface area contributed by atoms with Gasteiger partial charge < -0.3 is 9.47 Å². The van der Waals surface area contributed by atoms with Gasteiger partial charge in [-0.1, -0.05) is 12.1 Å². The molecule has 0 bridgehead atoms. The summed E-state index contributed by atoms with van der Waals surface area (Å²) < 4.78 is 11.5. The van der Waals surface area contributed by atoms with Gasteiger partial charge in [-0.05, 0) is 41.1 Å². The molecule has 31 heavy (non-hydrogen) atoms. The van der Waals surface area contributed by atoms with E-state index in [-0.39, 0.29) is 5.69 Å². The lowest BCUT2D eigenvalue weighted by Crippen LogP contribution is -2.16. The summed E-state index contributed by atoms with van der Waals surface area (Å²) in [6.45, 7) is 0. The van der Waals surface area contributed by atoms with E-state index in [0.717, 1.165) is 15.5 Å². The zero-order valence-corrected chi connectivity index (χ0v) is 17.4. The van der Waals surface area contributed by atoms with Crippen LogP contribution in [0.1, 0.15) is 15.2 Å². The van der Waals surface area contributed by atoms with Crippen LogP contribution in [0.2, 0.25) is 0 Å². The van der Waals surface area contributed by atoms with Crippen LogP contribution in [-0.4, -0.2) is 31.3 Å². The van der Waals surface area contributed by atoms with E-state index < -0.39 is 10.8 Å². The molecule has 0 saturated heterocycles. The molecule has 0 saturated carbocycles. The van der Waals surface area contributed by atoms with Crippen LogP contribution in [0.4, 0.5) is 5.69 Å². The molecule has 0 atom stereocenters. The number of benzene rings is 3. The zero-order chi connectivity index (χ0) is 22.0. The number of hydrazone groups is 1. The van der Waals surface area contributed by atoms with Gasteiger partial charge in [-0.25, -0.2) is 5.43 Å². The summed E-state index contributed by atoms with van der Waals surface area (Å²) in [6.07, 6.45) is 1.52. The quantitative estimate of drug-likeness (QED) is 0.268. The largest absolute Gasteiger partial charge is 0.497 e. The Morgan fingerprint density at radius 1 is 1.06 bits per heavy atom. The van der Waals surface area contributed by atoms with Crippen LogP contribution in [0.25, 0.3) is 20.9 Å². The molecule has 156 valence electrons. The monoisotopic (exact) mass is 435 g/mol. The van der Waals surface area contributed by atoms with Crippen LogP contribution in [0.15, 0.2) is 59.7 Å². The Bertz CT molecular complexity index is 1340. The number of thiophene rings is 1. The third-order valence-electron chi connectivity index (χ3n) is 4.74. The Labute approximate surface area is 180 Å². The average molecular weight is 435 g/mol. The van der Waals surface area contributed by atoms with Crippen LogP contribution in [0.5, 0.6) is 11.5 Å². The first-order chi connectivity index (χ1) is 15.0. The predicted octanol–water partition coefficient (Wildman–Crippen LogP) is 4.74. The van der Waals surface area contributed by atoms with Crippen LogP contribution >= 0.6 is 11.3 Å². The van der Waals surface area contributed by atoms with Crippen molar-refractivity contribution in [1.29, 1.82) is 0 Å². The smallest absolute Gasteiger partial charge is 0.281 e. The molecule has 4 rings (SSSR count). The molecule has 1 N–H and O–H groups in total. The molecule has 0 aliphatic carbocycles. The maximum atomic E-state index is 12.5. The molecule has 3 aromatic carbocycles. The summed E-state index contributed by atoms with van der Waals surface area (Å²) in [7, 11) is 3.16. The molecule has 0 aliphatic heterocycles. The second-order valence-electron chi connectivity index (χ2n) is 6.56. The van der Waals surface area contributed by atoms with Crippen LogP contribution in [-0.2, 0) is 0 Å². The number of hydrogen-bond acceptors (Lipinski definition) is 7. The Kier molecular flexibility index (Phi) is 5.50. The van der Waals surface area contributed by atoms with Gasteiger partial charge in [0.1, 0.15) is 11.5 Å². The SMILES string of the molecule is COc1ccc2ccc(OC)c(C=NNC(=O)c3cc4cc([N+](=O)[O-])ccc4s3)c2c1. The van der Waals surface area contributed by atoms with E-state index in [1.165, 1.54) is 29.7 Å². The molecule has 9 heteroatoms. The maximum Gasteiger partial charge on any atom is 0.281 e. The first-order valence-electron chi connectivity index (χ1n) is 9.16. The highest BCUT2D eigenvalue weighted by Crippen LogP contribution is 2.30. The molecule has 0 unspecified atom stereocenters. The van der Waals surface area contributed by atoms with E-state index in [1.807, 2.05) is 30.3 Å². The number of carbonyl (C=O) groups excluding carboxylic acids is 1. The number of non-ortho nitro benzene ring substituents is 1. The van der Waals surface area contributed by atoms with E-state index in [2.05, 4.69) is 10.5 Å². The molecule has 0 fully saturated rings. The van der Waals surface area contributed by atoms with Crippen molar-refractivity contribution in [2.75, 3.05) is 14.2 Å². The fraction of sp³-hybridized carbons (Fsp3) is 0.0909. The highest BCUT2D eigenvalue weighted by molar-refractivity contribution is 7.20. The minimum atomic E-state index is -0.465. The molecule has 0 radical (unpaired) electrons. The number of nitrogens with zero attached hydrogens (tertiary/aromatic N) is 2. The van der Waals surface area contributed by atoms with Crippen molar-refractivity contribution in [2.24, 2.45) is 5.10 Å². The van der Waals surface area contributed by atoms with E-state index in [9.17, 15) is 14.9 Å². The van der Waals surface area contributed by atoms with E-state index in [4.69, 9.17) is 9.47 Å². The summed E-state index contributed by atoms with van der Waals surface area (Å²) in [5.74, 6) is 0.892. The second kappa shape index (κ2) is 8.41. The van der Waals surface area contributed by atoms with Gasteiger partial charge in [0.25, 0.3) is 11.6 Å². The van der Waals surface area contributed by atoms with Crippen molar-refractivity contribution >= 4 is 50.0 Å². The molecule has 0 spiro atoms. The number of carbonyl (C=O) groups is 1. The van der Waals surface area contributed by atoms with Crippen molar-refractivity contribution in [1.82, 2.24) is 5.43 Å². The topological polar surface area (TPSA) is 103 Å². The van der Waals surface area contributed by atoms with E-state index >= 15 is 0 Å². The highest BCUT2D eigenvalue weighted by Gasteiger charge is 2.13. The second-order valence-corrected chi connectivity index (χ2v) is 7.64. The van der Waals surface area contributed by atoms with Crippen LogP contribution < -0.4 is 14.9 Å². The number of hydrogen-bond donors (Lipinski definition) is 1. The van der Waals surface area contributed by atoms with Gasteiger partial charge in [-0.3, -0.25) is 14.9 Å². The third kappa shape index (κ3) is 4.03. The zero-order valence-electron chi connectivity index (χ0n) is 16.6. The molecule has 0 aliphatic rings. The summed E-state index contributed by atoms with van der Waals surface area (Å²) in [5.41, 5.74) is 3.19. The van der Waals surface area contributed by atoms with Crippen LogP contribution in [0.3, 0.4) is 0 Å². The number of nitro benzene ring substituents is 1. The molecular formula is C22H17N3O5S. The summed E-state index contributed by atoms with van der Waals surface area (Å²) in [6, 6.07) is 15.5. The summed E-state index contributed by atoms with van der Waals surface area (Å²) in [5, 5.41) is 17.5. The van der Waals surface area contributed by atoms with Gasteiger partial charge in [0.15, 0.2) is 0 Å². The van der Waals surface area contributed by atoms with Gasteiger partial charge in [0.05, 0.1) is 30.2 Å². The molecule has 1 amide bonds. The lowest BCUT2D eigenvalue weighted by atomic mass is 10.0. The fourth-order valence-corrected chi connectivity index (χ4v) is 4.14. The van der Waals surface area contributed by atoms with Gasteiger partial charge in [-0.15, -0.1) is 11.3 Å². The van der Waals surface area contributed by atoms with Crippen LogP contribution in [0, 0.1) is 10.1 Å². The third-order valence-corrected chi connectivity index (χ3v) is 5.86. The molecule has 8 nitrogen and oxygen atoms in total. The van der Waals surface area contributed by atoms with Gasteiger partial charge in [0.2, 0.25) is 0 Å². The first-order valence-corrected chi connectivity index (χ1v) is 9.98. The van der Waals surface area contributed by atoms with Crippen molar-refractivity contribution in [3.8, 4) is 11.5 Å². The van der Waals surface area contributed by atoms with Crippen molar-refractivity contribution in [2.45, 2.75) is 0 Å². The van der Waals surface area contributed by atoms with Gasteiger partial charge >= 0.3 is 0 Å². The normalized spacial score (nSPS) is 11.2. The Morgan fingerprint density at radius 2 is 1.87 bits per heavy atom. The number of amides is 1. The molecule has 4 aromatic rings. The summed E-state index contributed by atoms with van der Waals surface area (Å²) in [4.78, 5) is 23.4. The number of fused-ring (bicyclic) bond motifs is 2. The molecular weight excluding hydrogens is 418 g/mol. The number of methoxy groups -OCH3 is 2. The fourth-order valence-electron chi connectivity index (χ4n) is 3.21. The van der Waals surface area contributed by atoms with Gasteiger partial charge in [0, 0.05) is 27.8 Å². The molecule has 1 heterocycles. The number of nitrogens with one attached hydrogen (secondary N) is 1. The number of nitro groups is 1. The van der Waals surface area contributed by atoms with E-state index in [0.29, 0.717) is 27.3 Å². The van der Waals surface area contributed by atoms with E-state index in [1.54, 1.807) is 26.4 Å². The van der Waals surface area contributed by atoms with Crippen molar-refractivity contribution in [3.63, 3.8) is 0 Å². The Morgan fingerprint density at radius 3 is 2.61 bits per heavy atom. The van der Waals surface area contributed by atoms with Crippen molar-refractivity contribution in [3.05, 3.63) is 75.2 Å². The van der Waals surface area contributed by atoms with Gasteiger partial charge in [-0.2, -0.15) is 5.10 Å². The van der Waals surface area contributed by atoms with Crippen molar-refractivity contribution < 1.29 is 19.2 Å². The standard InChI is InChI=1S/C22H17N3O5S/c1-29-16-6-3-13-4-7-19(30-2)18(17(13)11-16)12-23-24-22(26)21-10-14-9-15(25(27)28)5-8-20(14)31-21/h3-12H,1-2H3,(H,24,26). The first kappa shape index (κ1) is 20.3. The minimum Gasteiger partial charge on any atom is -0.497 e. The number of ether oxygens (including phenoxy) is 2. The maximum absolute atomic E-state index is 12.5. The Balaban J connectivity index is 1.61. The minimum absolute atomic E-state index is 0.0197. The summed E-state index contributed by atoms with van der Waals surface area (Å²) >= 11 is 1.24.